The predicted octanol–water partition coefficient (Wildman–Crippen LogP) is 3.19. The number of benzene rings is 2. The van der Waals surface area contributed by atoms with E-state index in [4.69, 9.17) is 9.47 Å². The van der Waals surface area contributed by atoms with E-state index in [1.54, 1.807) is 14.2 Å². The predicted molar refractivity (Wildman–Crippen MR) is 84.5 cm³/mol. The van der Waals surface area contributed by atoms with E-state index in [1.807, 2.05) is 48.5 Å². The van der Waals surface area contributed by atoms with Crippen LogP contribution >= 0.6 is 0 Å². The van der Waals surface area contributed by atoms with Gasteiger partial charge in [-0.1, -0.05) is 36.4 Å². The number of aliphatic carboxylic acids is 1. The van der Waals surface area contributed by atoms with Crippen molar-refractivity contribution in [2.45, 2.75) is 12.8 Å². The van der Waals surface area contributed by atoms with Gasteiger partial charge < -0.3 is 14.6 Å². The molecular formula is C18H20O4. The maximum Gasteiger partial charge on any atom is 0.307 e. The first-order valence-electron chi connectivity index (χ1n) is 7.12. The fraction of sp³-hybridized carbons (Fsp3) is 0.278. The minimum absolute atomic E-state index is 0.414. The van der Waals surface area contributed by atoms with Gasteiger partial charge in [0.2, 0.25) is 0 Å². The maximum atomic E-state index is 11.6. The molecule has 0 unspecified atom stereocenters. The van der Waals surface area contributed by atoms with Crippen molar-refractivity contribution < 1.29 is 19.4 Å². The van der Waals surface area contributed by atoms with Crippen LogP contribution in [0.3, 0.4) is 0 Å². The summed E-state index contributed by atoms with van der Waals surface area (Å²) >= 11 is 0. The number of ether oxygens (including phenoxy) is 2. The molecule has 0 aliphatic rings. The van der Waals surface area contributed by atoms with Crippen LogP contribution in [0.2, 0.25) is 0 Å². The van der Waals surface area contributed by atoms with Crippen LogP contribution in [0.4, 0.5) is 0 Å². The number of hydrogen-bond donors (Lipinski definition) is 1. The average molecular weight is 300 g/mol. The van der Waals surface area contributed by atoms with Crippen LogP contribution in [-0.2, 0) is 17.6 Å². The highest BCUT2D eigenvalue weighted by Crippen LogP contribution is 2.26. The van der Waals surface area contributed by atoms with E-state index in [0.717, 1.165) is 11.1 Å². The molecule has 0 aliphatic heterocycles. The zero-order valence-electron chi connectivity index (χ0n) is 12.8. The summed E-state index contributed by atoms with van der Waals surface area (Å²) in [5, 5.41) is 9.54. The highest BCUT2D eigenvalue weighted by Gasteiger charge is 2.21. The van der Waals surface area contributed by atoms with E-state index >= 15 is 0 Å². The molecule has 4 heteroatoms. The molecule has 0 spiro atoms. The molecule has 0 atom stereocenters. The number of hydrogen-bond acceptors (Lipinski definition) is 3. The van der Waals surface area contributed by atoms with E-state index in [9.17, 15) is 9.90 Å². The molecule has 0 aromatic heterocycles. The topological polar surface area (TPSA) is 55.8 Å². The molecule has 0 radical (unpaired) electrons. The second kappa shape index (κ2) is 7.50. The maximum absolute atomic E-state index is 11.6. The molecule has 22 heavy (non-hydrogen) atoms. The van der Waals surface area contributed by atoms with Crippen molar-refractivity contribution in [3.8, 4) is 11.5 Å². The summed E-state index contributed by atoms with van der Waals surface area (Å²) in [6.07, 6.45) is 0.828. The van der Waals surface area contributed by atoms with Gasteiger partial charge in [0.15, 0.2) is 0 Å². The van der Waals surface area contributed by atoms with Gasteiger partial charge in [0, 0.05) is 0 Å². The average Bonchev–Trinajstić information content (AvgIpc) is 2.55. The number of carboxylic acids is 1. The first kappa shape index (κ1) is 15.9. The van der Waals surface area contributed by atoms with Crippen molar-refractivity contribution in [3.63, 3.8) is 0 Å². The Morgan fingerprint density at radius 2 is 1.32 bits per heavy atom. The van der Waals surface area contributed by atoms with Gasteiger partial charge in [0.05, 0.1) is 20.1 Å². The zero-order chi connectivity index (χ0) is 15.9. The largest absolute Gasteiger partial charge is 0.496 e. The standard InChI is InChI=1S/C18H20O4/c1-21-16-9-5-3-7-13(16)11-15(18(19)20)12-14-8-4-6-10-17(14)22-2/h3-10,15H,11-12H2,1-2H3,(H,19,20). The molecule has 0 heterocycles. The Hall–Kier alpha value is -2.49. The summed E-state index contributed by atoms with van der Waals surface area (Å²) in [7, 11) is 3.18. The minimum atomic E-state index is -0.822. The summed E-state index contributed by atoms with van der Waals surface area (Å²) in [5.41, 5.74) is 1.79. The molecular weight excluding hydrogens is 280 g/mol. The fourth-order valence-electron chi connectivity index (χ4n) is 2.52. The van der Waals surface area contributed by atoms with E-state index in [2.05, 4.69) is 0 Å². The summed E-state index contributed by atoms with van der Waals surface area (Å²) in [6, 6.07) is 15.0. The number of carboxylic acid groups (broad SMARTS) is 1. The summed E-state index contributed by atoms with van der Waals surface area (Å²) in [5.74, 6) is 0.0759. The smallest absolute Gasteiger partial charge is 0.307 e. The lowest BCUT2D eigenvalue weighted by molar-refractivity contribution is -0.141. The zero-order valence-corrected chi connectivity index (χ0v) is 12.8. The molecule has 2 aromatic rings. The van der Waals surface area contributed by atoms with E-state index < -0.39 is 11.9 Å². The fourth-order valence-corrected chi connectivity index (χ4v) is 2.52. The van der Waals surface area contributed by atoms with Gasteiger partial charge in [-0.05, 0) is 36.1 Å². The number of methoxy groups -OCH3 is 2. The third kappa shape index (κ3) is 3.79. The Labute approximate surface area is 130 Å². The van der Waals surface area contributed by atoms with E-state index in [-0.39, 0.29) is 0 Å². The second-order valence-corrected chi connectivity index (χ2v) is 5.07. The molecule has 0 saturated carbocycles. The Kier molecular flexibility index (Phi) is 5.42. The molecule has 0 aliphatic carbocycles. The number of carbonyl (C=O) groups is 1. The SMILES string of the molecule is COc1ccccc1CC(Cc1ccccc1OC)C(=O)O. The Bertz CT molecular complexity index is 587. The molecule has 0 fully saturated rings. The third-order valence-corrected chi connectivity index (χ3v) is 3.67. The first-order chi connectivity index (χ1) is 10.7. The lowest BCUT2D eigenvalue weighted by Gasteiger charge is -2.16. The quantitative estimate of drug-likeness (QED) is 0.853. The molecule has 2 aromatic carbocycles. The Morgan fingerprint density at radius 3 is 1.68 bits per heavy atom. The Balaban J connectivity index is 2.22. The molecule has 2 rings (SSSR count). The lowest BCUT2D eigenvalue weighted by Crippen LogP contribution is -2.19. The lowest BCUT2D eigenvalue weighted by atomic mass is 9.92. The monoisotopic (exact) mass is 300 g/mol. The van der Waals surface area contributed by atoms with E-state index in [0.29, 0.717) is 24.3 Å². The van der Waals surface area contributed by atoms with Gasteiger partial charge in [0.25, 0.3) is 0 Å². The van der Waals surface area contributed by atoms with Crippen molar-refractivity contribution in [1.82, 2.24) is 0 Å². The van der Waals surface area contributed by atoms with Crippen LogP contribution in [0.5, 0.6) is 11.5 Å². The molecule has 0 amide bonds. The number of para-hydroxylation sites is 2. The van der Waals surface area contributed by atoms with Crippen LogP contribution in [0, 0.1) is 5.92 Å². The number of rotatable bonds is 7. The van der Waals surface area contributed by atoms with Crippen molar-refractivity contribution in [2.75, 3.05) is 14.2 Å². The molecule has 4 nitrogen and oxygen atoms in total. The van der Waals surface area contributed by atoms with Crippen LogP contribution in [-0.4, -0.2) is 25.3 Å². The summed E-state index contributed by atoms with van der Waals surface area (Å²) < 4.78 is 10.6. The molecule has 0 bridgehead atoms. The van der Waals surface area contributed by atoms with Gasteiger partial charge in [-0.25, -0.2) is 0 Å². The Morgan fingerprint density at radius 1 is 0.909 bits per heavy atom. The van der Waals surface area contributed by atoms with Gasteiger partial charge in [-0.15, -0.1) is 0 Å². The first-order valence-corrected chi connectivity index (χ1v) is 7.12. The van der Waals surface area contributed by atoms with Crippen molar-refractivity contribution in [3.05, 3.63) is 59.7 Å². The molecule has 1 N–H and O–H groups in total. The van der Waals surface area contributed by atoms with Gasteiger partial charge >= 0.3 is 5.97 Å². The van der Waals surface area contributed by atoms with Crippen LogP contribution in [0.15, 0.2) is 48.5 Å². The van der Waals surface area contributed by atoms with E-state index in [1.165, 1.54) is 0 Å². The van der Waals surface area contributed by atoms with Crippen molar-refractivity contribution in [2.24, 2.45) is 5.92 Å². The summed E-state index contributed by atoms with van der Waals surface area (Å²) in [6.45, 7) is 0. The highest BCUT2D eigenvalue weighted by atomic mass is 16.5. The van der Waals surface area contributed by atoms with Crippen LogP contribution in [0.1, 0.15) is 11.1 Å². The van der Waals surface area contributed by atoms with Crippen molar-refractivity contribution >= 4 is 5.97 Å². The molecule has 116 valence electrons. The third-order valence-electron chi connectivity index (χ3n) is 3.67. The van der Waals surface area contributed by atoms with Crippen LogP contribution < -0.4 is 9.47 Å². The molecule has 0 saturated heterocycles. The normalized spacial score (nSPS) is 10.5. The van der Waals surface area contributed by atoms with Gasteiger partial charge in [-0.2, -0.15) is 0 Å². The van der Waals surface area contributed by atoms with Gasteiger partial charge in [0.1, 0.15) is 11.5 Å². The second-order valence-electron chi connectivity index (χ2n) is 5.07. The minimum Gasteiger partial charge on any atom is -0.496 e. The highest BCUT2D eigenvalue weighted by molar-refractivity contribution is 5.71. The van der Waals surface area contributed by atoms with Gasteiger partial charge in [-0.3, -0.25) is 4.79 Å². The van der Waals surface area contributed by atoms with Crippen molar-refractivity contribution in [1.29, 1.82) is 0 Å². The summed E-state index contributed by atoms with van der Waals surface area (Å²) in [4.78, 5) is 11.6. The van der Waals surface area contributed by atoms with Crippen LogP contribution in [0.25, 0.3) is 0 Å².